The van der Waals surface area contributed by atoms with Crippen molar-refractivity contribution in [2.75, 3.05) is 0 Å². The van der Waals surface area contributed by atoms with Gasteiger partial charge in [0.25, 0.3) is 0 Å². The highest BCUT2D eigenvalue weighted by Gasteiger charge is 2.42. The van der Waals surface area contributed by atoms with Crippen LogP contribution in [0.5, 0.6) is 0 Å². The van der Waals surface area contributed by atoms with E-state index < -0.39 is 42.0 Å². The molecule has 6 nitrogen and oxygen atoms in total. The monoisotopic (exact) mass is 436 g/mol. The summed E-state index contributed by atoms with van der Waals surface area (Å²) in [6.07, 6.45) is 4.50. The first kappa shape index (κ1) is 28.9. The summed E-state index contributed by atoms with van der Waals surface area (Å²) < 4.78 is 5.28. The van der Waals surface area contributed by atoms with Crippen LogP contribution in [0.1, 0.15) is 67.7 Å². The Morgan fingerprint density at radius 1 is 1.13 bits per heavy atom. The van der Waals surface area contributed by atoms with Gasteiger partial charge in [-0.15, -0.1) is 6.58 Å². The van der Waals surface area contributed by atoms with Crippen LogP contribution in [0.15, 0.2) is 36.5 Å². The van der Waals surface area contributed by atoms with E-state index >= 15 is 0 Å². The Morgan fingerprint density at radius 2 is 1.71 bits per heavy atom. The third-order valence-electron chi connectivity index (χ3n) is 5.66. The Hall–Kier alpha value is -2.05. The van der Waals surface area contributed by atoms with Gasteiger partial charge < -0.3 is 14.9 Å². The van der Waals surface area contributed by atoms with Gasteiger partial charge in [0.05, 0.1) is 24.0 Å². The van der Waals surface area contributed by atoms with Crippen LogP contribution < -0.4 is 0 Å². The van der Waals surface area contributed by atoms with Crippen molar-refractivity contribution in [2.24, 2.45) is 17.3 Å². The second-order valence-corrected chi connectivity index (χ2v) is 8.84. The molecule has 0 saturated heterocycles. The molecule has 0 spiro atoms. The number of carbonyl (C=O) groups is 3. The van der Waals surface area contributed by atoms with Crippen LogP contribution >= 0.6 is 0 Å². The number of aliphatic hydroxyl groups is 2. The van der Waals surface area contributed by atoms with E-state index in [0.29, 0.717) is 6.42 Å². The minimum absolute atomic E-state index is 0.226. The summed E-state index contributed by atoms with van der Waals surface area (Å²) in [6, 6.07) is 0. The molecule has 0 amide bonds. The molecule has 0 radical (unpaired) electrons. The van der Waals surface area contributed by atoms with Crippen molar-refractivity contribution in [3.63, 3.8) is 0 Å². The fraction of sp³-hybridized carbons (Fsp3) is 0.640. The molecule has 31 heavy (non-hydrogen) atoms. The summed E-state index contributed by atoms with van der Waals surface area (Å²) in [7, 11) is 0. The van der Waals surface area contributed by atoms with Gasteiger partial charge in [-0.3, -0.25) is 14.4 Å². The first-order chi connectivity index (χ1) is 14.3. The van der Waals surface area contributed by atoms with Crippen LogP contribution in [-0.2, 0) is 19.1 Å². The maximum atomic E-state index is 12.9. The smallest absolute Gasteiger partial charge is 0.309 e. The van der Waals surface area contributed by atoms with Crippen LogP contribution in [0.3, 0.4) is 0 Å². The molecule has 5 atom stereocenters. The fourth-order valence-electron chi connectivity index (χ4n) is 3.31. The van der Waals surface area contributed by atoms with Crippen molar-refractivity contribution in [2.45, 2.75) is 86.0 Å². The van der Waals surface area contributed by atoms with Gasteiger partial charge >= 0.3 is 5.97 Å². The summed E-state index contributed by atoms with van der Waals surface area (Å²) in [5.41, 5.74) is -0.273. The lowest BCUT2D eigenvalue weighted by Gasteiger charge is -2.33. The fourth-order valence-corrected chi connectivity index (χ4v) is 3.31. The van der Waals surface area contributed by atoms with Gasteiger partial charge in [0.2, 0.25) is 0 Å². The highest BCUT2D eigenvalue weighted by molar-refractivity contribution is 5.88. The number of ketones is 2. The van der Waals surface area contributed by atoms with E-state index in [-0.39, 0.29) is 23.9 Å². The predicted octanol–water partition coefficient (Wildman–Crippen LogP) is 3.96. The molecule has 0 unspecified atom stereocenters. The lowest BCUT2D eigenvalue weighted by atomic mass is 9.73. The number of allylic oxidation sites excluding steroid dienone is 3. The average Bonchev–Trinajstić information content (AvgIpc) is 2.69. The highest BCUT2D eigenvalue weighted by atomic mass is 16.5. The average molecular weight is 437 g/mol. The number of esters is 1. The van der Waals surface area contributed by atoms with Gasteiger partial charge in [-0.2, -0.15) is 0 Å². The zero-order valence-corrected chi connectivity index (χ0v) is 20.1. The first-order valence-electron chi connectivity index (χ1n) is 10.8. The molecule has 0 heterocycles. The normalized spacial score (nSPS) is 17.5. The molecule has 0 bridgehead atoms. The molecular weight excluding hydrogens is 396 g/mol. The van der Waals surface area contributed by atoms with Gasteiger partial charge in [0.15, 0.2) is 11.9 Å². The Morgan fingerprint density at radius 3 is 2.19 bits per heavy atom. The largest absolute Gasteiger partial charge is 0.454 e. The second-order valence-electron chi connectivity index (χ2n) is 8.84. The van der Waals surface area contributed by atoms with Gasteiger partial charge in [-0.05, 0) is 27.2 Å². The van der Waals surface area contributed by atoms with Gasteiger partial charge in [-0.1, -0.05) is 57.6 Å². The van der Waals surface area contributed by atoms with E-state index in [1.165, 1.54) is 6.92 Å². The molecule has 0 fully saturated rings. The molecule has 176 valence electrons. The topological polar surface area (TPSA) is 101 Å². The maximum absolute atomic E-state index is 12.9. The van der Waals surface area contributed by atoms with Gasteiger partial charge in [0, 0.05) is 18.3 Å². The van der Waals surface area contributed by atoms with Crippen LogP contribution in [-0.4, -0.2) is 46.1 Å². The van der Waals surface area contributed by atoms with Crippen molar-refractivity contribution in [3.05, 3.63) is 36.5 Å². The molecule has 6 heteroatoms. The number of Topliss-reactive ketones (excluding diaryl/α,β-unsaturated/α-hetero) is 2. The second kappa shape index (κ2) is 13.4. The Balaban J connectivity index is 5.15. The maximum Gasteiger partial charge on any atom is 0.309 e. The predicted molar refractivity (Wildman–Crippen MR) is 122 cm³/mol. The Kier molecular flexibility index (Phi) is 12.5. The lowest BCUT2D eigenvalue weighted by molar-refractivity contribution is -0.159. The molecule has 2 N–H and O–H groups in total. The van der Waals surface area contributed by atoms with E-state index in [4.69, 9.17) is 4.74 Å². The summed E-state index contributed by atoms with van der Waals surface area (Å²) in [4.78, 5) is 37.2. The van der Waals surface area contributed by atoms with Crippen molar-refractivity contribution >= 4 is 17.5 Å². The number of ether oxygens (including phenoxy) is 1. The Bertz CT molecular complexity index is 688. The number of hydrogen-bond acceptors (Lipinski definition) is 6. The summed E-state index contributed by atoms with van der Waals surface area (Å²) in [5.74, 6) is -2.34. The molecule has 0 aromatic carbocycles. The van der Waals surface area contributed by atoms with E-state index in [1.807, 2.05) is 32.9 Å². The Labute approximate surface area is 187 Å². The van der Waals surface area contributed by atoms with Crippen LogP contribution in [0.2, 0.25) is 0 Å². The number of hydrogen-bond donors (Lipinski definition) is 2. The van der Waals surface area contributed by atoms with Crippen molar-refractivity contribution in [1.29, 1.82) is 0 Å². The molecule has 0 rings (SSSR count). The van der Waals surface area contributed by atoms with Gasteiger partial charge in [-0.25, -0.2) is 0 Å². The summed E-state index contributed by atoms with van der Waals surface area (Å²) in [5, 5.41) is 21.0. The third-order valence-corrected chi connectivity index (χ3v) is 5.66. The minimum Gasteiger partial charge on any atom is -0.454 e. The summed E-state index contributed by atoms with van der Waals surface area (Å²) in [6.45, 7) is 15.2. The van der Waals surface area contributed by atoms with E-state index in [0.717, 1.165) is 5.57 Å². The zero-order valence-electron chi connectivity index (χ0n) is 20.1. The molecule has 0 aliphatic carbocycles. The van der Waals surface area contributed by atoms with Crippen molar-refractivity contribution in [3.8, 4) is 0 Å². The zero-order chi connectivity index (χ0) is 24.4. The van der Waals surface area contributed by atoms with Crippen LogP contribution in [0.4, 0.5) is 0 Å². The molecule has 0 aliphatic rings. The van der Waals surface area contributed by atoms with E-state index in [2.05, 4.69) is 6.58 Å². The SMILES string of the molecule is C=CC/C(C)=C\C[C@H](OC(=O)C[C@H](O)C(C)(C)C(=O)[C@H](C)[C@@H](O)[C@@H](C)/C=C/C)C(C)=O. The number of aliphatic hydroxyl groups excluding tert-OH is 2. The molecular formula is C25H40O6. The number of carbonyl (C=O) groups excluding carboxylic acids is 3. The quantitative estimate of drug-likeness (QED) is 0.316. The molecule has 0 aromatic rings. The standard InChI is InChI=1S/C25H40O6/c1-9-11-16(3)13-14-20(19(6)26)31-22(28)15-21(27)25(7,8)24(30)18(5)23(29)17(4)12-10-2/h9-10,12-13,17-18,20-21,23,27,29H,1,11,14-15H2,2-8H3/b12-10+,16-13-/t17-,18+,20-,21-,23-/m0/s1. The van der Waals surface area contributed by atoms with Crippen LogP contribution in [0.25, 0.3) is 0 Å². The van der Waals surface area contributed by atoms with Crippen molar-refractivity contribution in [1.82, 2.24) is 0 Å². The highest BCUT2D eigenvalue weighted by Crippen LogP contribution is 2.31. The van der Waals surface area contributed by atoms with Crippen molar-refractivity contribution < 1.29 is 29.3 Å². The van der Waals surface area contributed by atoms with E-state index in [9.17, 15) is 24.6 Å². The third kappa shape index (κ3) is 9.32. The number of rotatable bonds is 14. The molecule has 0 aromatic heterocycles. The first-order valence-corrected chi connectivity index (χ1v) is 10.8. The van der Waals surface area contributed by atoms with E-state index in [1.54, 1.807) is 32.9 Å². The van der Waals surface area contributed by atoms with Gasteiger partial charge in [0.1, 0.15) is 5.78 Å². The van der Waals surface area contributed by atoms with Crippen LogP contribution in [0, 0.1) is 17.3 Å². The molecule has 0 aliphatic heterocycles. The summed E-state index contributed by atoms with van der Waals surface area (Å²) >= 11 is 0. The lowest BCUT2D eigenvalue weighted by Crippen LogP contribution is -2.45. The molecule has 0 saturated carbocycles. The minimum atomic E-state index is -1.31.